The maximum atomic E-state index is 12.6. The third-order valence-corrected chi connectivity index (χ3v) is 4.88. The summed E-state index contributed by atoms with van der Waals surface area (Å²) in [5, 5.41) is 2.92. The van der Waals surface area contributed by atoms with E-state index >= 15 is 0 Å². The van der Waals surface area contributed by atoms with E-state index < -0.39 is 0 Å². The summed E-state index contributed by atoms with van der Waals surface area (Å²) in [4.78, 5) is 26.2. The van der Waals surface area contributed by atoms with Crippen LogP contribution in [0, 0.1) is 17.8 Å². The van der Waals surface area contributed by atoms with E-state index in [1.807, 2.05) is 4.90 Å². The first-order valence-electron chi connectivity index (χ1n) is 7.71. The third-order valence-electron chi connectivity index (χ3n) is 4.88. The van der Waals surface area contributed by atoms with Crippen LogP contribution in [0.25, 0.3) is 0 Å². The topological polar surface area (TPSA) is 49.4 Å². The highest BCUT2D eigenvalue weighted by Gasteiger charge is 2.41. The summed E-state index contributed by atoms with van der Waals surface area (Å²) in [6, 6.07) is -0.228. The molecule has 4 nitrogen and oxygen atoms in total. The van der Waals surface area contributed by atoms with Crippen LogP contribution in [0.3, 0.4) is 0 Å². The fourth-order valence-corrected chi connectivity index (χ4v) is 3.58. The Morgan fingerprint density at radius 3 is 2.63 bits per heavy atom. The van der Waals surface area contributed by atoms with Crippen LogP contribution in [0.4, 0.5) is 0 Å². The van der Waals surface area contributed by atoms with E-state index in [4.69, 9.17) is 0 Å². The molecule has 1 heterocycles. The number of amides is 2. The second kappa shape index (κ2) is 5.14. The molecule has 0 aromatic heterocycles. The van der Waals surface area contributed by atoms with Gasteiger partial charge in [-0.25, -0.2) is 0 Å². The van der Waals surface area contributed by atoms with Crippen molar-refractivity contribution in [1.29, 1.82) is 0 Å². The summed E-state index contributed by atoms with van der Waals surface area (Å²) in [7, 11) is 0. The molecule has 1 N–H and O–H groups in total. The van der Waals surface area contributed by atoms with E-state index in [2.05, 4.69) is 12.2 Å². The molecule has 106 valence electrons. The molecule has 1 aliphatic heterocycles. The van der Waals surface area contributed by atoms with Gasteiger partial charge < -0.3 is 10.2 Å². The van der Waals surface area contributed by atoms with Gasteiger partial charge in [-0.3, -0.25) is 9.59 Å². The van der Waals surface area contributed by atoms with Crippen LogP contribution in [0.2, 0.25) is 0 Å². The zero-order valence-corrected chi connectivity index (χ0v) is 11.7. The van der Waals surface area contributed by atoms with Gasteiger partial charge in [0.25, 0.3) is 0 Å². The highest BCUT2D eigenvalue weighted by atomic mass is 16.2. The van der Waals surface area contributed by atoms with E-state index in [1.165, 1.54) is 19.3 Å². The zero-order valence-electron chi connectivity index (χ0n) is 11.7. The fourth-order valence-electron chi connectivity index (χ4n) is 3.58. The number of carbonyl (C=O) groups is 2. The highest BCUT2D eigenvalue weighted by molar-refractivity contribution is 5.90. The molecular weight excluding hydrogens is 240 g/mol. The first kappa shape index (κ1) is 12.9. The van der Waals surface area contributed by atoms with E-state index in [0.29, 0.717) is 24.8 Å². The lowest BCUT2D eigenvalue weighted by molar-refractivity contribution is -0.134. The summed E-state index contributed by atoms with van der Waals surface area (Å²) < 4.78 is 0. The van der Waals surface area contributed by atoms with Crippen LogP contribution in [0.1, 0.15) is 45.4 Å². The largest absolute Gasteiger partial charge is 0.344 e. The molecule has 0 spiro atoms. The summed E-state index contributed by atoms with van der Waals surface area (Å²) >= 11 is 0. The van der Waals surface area contributed by atoms with Gasteiger partial charge in [-0.05, 0) is 43.4 Å². The van der Waals surface area contributed by atoms with Crippen molar-refractivity contribution in [2.45, 2.75) is 51.5 Å². The van der Waals surface area contributed by atoms with Crippen molar-refractivity contribution in [2.24, 2.45) is 17.8 Å². The van der Waals surface area contributed by atoms with Crippen molar-refractivity contribution in [2.75, 3.05) is 13.1 Å². The fraction of sp³-hybridized carbons (Fsp3) is 0.867. The van der Waals surface area contributed by atoms with Gasteiger partial charge in [0.2, 0.25) is 11.8 Å². The van der Waals surface area contributed by atoms with Crippen molar-refractivity contribution in [1.82, 2.24) is 10.2 Å². The molecule has 3 aliphatic rings. The van der Waals surface area contributed by atoms with E-state index in [-0.39, 0.29) is 17.9 Å². The smallest absolute Gasteiger partial charge is 0.245 e. The number of hydrogen-bond acceptors (Lipinski definition) is 2. The molecule has 19 heavy (non-hydrogen) atoms. The minimum absolute atomic E-state index is 0.0486. The first-order valence-corrected chi connectivity index (χ1v) is 7.71. The van der Waals surface area contributed by atoms with E-state index in [9.17, 15) is 9.59 Å². The molecule has 0 aromatic rings. The lowest BCUT2D eigenvalue weighted by Crippen LogP contribution is -2.47. The van der Waals surface area contributed by atoms with Crippen molar-refractivity contribution in [3.8, 4) is 0 Å². The molecular formula is C15H24N2O2. The molecule has 3 rings (SSSR count). The van der Waals surface area contributed by atoms with Crippen molar-refractivity contribution in [3.63, 3.8) is 0 Å². The molecule has 0 bridgehead atoms. The van der Waals surface area contributed by atoms with Crippen LogP contribution < -0.4 is 5.32 Å². The molecule has 3 atom stereocenters. The van der Waals surface area contributed by atoms with Gasteiger partial charge in [-0.15, -0.1) is 0 Å². The van der Waals surface area contributed by atoms with Crippen LogP contribution in [0.5, 0.6) is 0 Å². The average molecular weight is 264 g/mol. The Bertz CT molecular complexity index is 378. The number of nitrogens with one attached hydrogen (secondary N) is 1. The first-order chi connectivity index (χ1) is 9.13. The summed E-state index contributed by atoms with van der Waals surface area (Å²) in [5.41, 5.74) is 0. The third kappa shape index (κ3) is 2.93. The molecule has 1 saturated heterocycles. The SMILES string of the molecule is CC1CCC(CN2CCC(=O)NC(C3CC3)C2=O)C1. The number of hydrogen-bond donors (Lipinski definition) is 1. The van der Waals surface area contributed by atoms with E-state index in [0.717, 1.165) is 25.3 Å². The lowest BCUT2D eigenvalue weighted by Gasteiger charge is -2.26. The van der Waals surface area contributed by atoms with Crippen LogP contribution in [0.15, 0.2) is 0 Å². The maximum Gasteiger partial charge on any atom is 0.245 e. The Hall–Kier alpha value is -1.06. The lowest BCUT2D eigenvalue weighted by atomic mass is 10.0. The molecule has 3 unspecified atom stereocenters. The second-order valence-electron chi connectivity index (χ2n) is 6.70. The predicted octanol–water partition coefficient (Wildman–Crippen LogP) is 1.55. The Labute approximate surface area is 114 Å². The molecule has 2 saturated carbocycles. The highest BCUT2D eigenvalue weighted by Crippen LogP contribution is 2.35. The zero-order chi connectivity index (χ0) is 13.4. The molecule has 0 radical (unpaired) electrons. The second-order valence-corrected chi connectivity index (χ2v) is 6.70. The molecule has 3 fully saturated rings. The van der Waals surface area contributed by atoms with Crippen molar-refractivity contribution < 1.29 is 9.59 Å². The minimum atomic E-state index is -0.228. The van der Waals surface area contributed by atoms with Crippen molar-refractivity contribution in [3.05, 3.63) is 0 Å². The Balaban J connectivity index is 1.65. The Kier molecular flexibility index (Phi) is 3.50. The summed E-state index contributed by atoms with van der Waals surface area (Å²) in [6.45, 7) is 3.77. The molecule has 2 amide bonds. The monoisotopic (exact) mass is 264 g/mol. The number of rotatable bonds is 3. The van der Waals surface area contributed by atoms with Gasteiger partial charge in [0.1, 0.15) is 6.04 Å². The van der Waals surface area contributed by atoms with Crippen molar-refractivity contribution >= 4 is 11.8 Å². The van der Waals surface area contributed by atoms with Gasteiger partial charge in [-0.2, -0.15) is 0 Å². The van der Waals surface area contributed by atoms with Gasteiger partial charge >= 0.3 is 0 Å². The molecule has 4 heteroatoms. The van der Waals surface area contributed by atoms with Gasteiger partial charge in [-0.1, -0.05) is 13.3 Å². The van der Waals surface area contributed by atoms with E-state index in [1.54, 1.807) is 0 Å². The molecule has 2 aliphatic carbocycles. The van der Waals surface area contributed by atoms with Crippen LogP contribution in [-0.2, 0) is 9.59 Å². The Morgan fingerprint density at radius 1 is 1.21 bits per heavy atom. The Morgan fingerprint density at radius 2 is 2.00 bits per heavy atom. The standard InChI is InChI=1S/C15H24N2O2/c1-10-2-3-11(8-10)9-17-7-6-13(18)16-14(15(17)19)12-4-5-12/h10-12,14H,2-9H2,1H3,(H,16,18). The minimum Gasteiger partial charge on any atom is -0.344 e. The van der Waals surface area contributed by atoms with Crippen LogP contribution in [-0.4, -0.2) is 35.8 Å². The number of nitrogens with zero attached hydrogens (tertiary/aromatic N) is 1. The quantitative estimate of drug-likeness (QED) is 0.841. The van der Waals surface area contributed by atoms with Crippen LogP contribution >= 0.6 is 0 Å². The number of carbonyl (C=O) groups excluding carboxylic acids is 2. The van der Waals surface area contributed by atoms with Gasteiger partial charge in [0.15, 0.2) is 0 Å². The predicted molar refractivity (Wildman–Crippen MR) is 72.4 cm³/mol. The maximum absolute atomic E-state index is 12.6. The van der Waals surface area contributed by atoms with Gasteiger partial charge in [0, 0.05) is 19.5 Å². The summed E-state index contributed by atoms with van der Waals surface area (Å²) in [6.07, 6.45) is 6.41. The van der Waals surface area contributed by atoms with Gasteiger partial charge in [0.05, 0.1) is 0 Å². The average Bonchev–Trinajstić information content (AvgIpc) is 3.14. The normalized spacial score (nSPS) is 36.3. The molecule has 0 aromatic carbocycles. The summed E-state index contributed by atoms with van der Waals surface area (Å²) in [5.74, 6) is 2.07.